The van der Waals surface area contributed by atoms with Crippen molar-refractivity contribution in [2.24, 2.45) is 5.84 Å². The maximum Gasteiger partial charge on any atom is 0.419 e. The number of alkyl halides is 3. The fourth-order valence-electron chi connectivity index (χ4n) is 1.72. The lowest BCUT2D eigenvalue weighted by Crippen LogP contribution is -2.30. The molecule has 0 amide bonds. The summed E-state index contributed by atoms with van der Waals surface area (Å²) in [6, 6.07) is 3.33. The first-order valence-electron chi connectivity index (χ1n) is 5.53. The van der Waals surface area contributed by atoms with E-state index in [2.05, 4.69) is 15.4 Å². The first-order valence-corrected chi connectivity index (χ1v) is 5.53. The van der Waals surface area contributed by atoms with Crippen LogP contribution in [-0.2, 0) is 6.18 Å². The molecule has 3 N–H and O–H groups in total. The minimum absolute atomic E-state index is 0.118. The Kier molecular flexibility index (Phi) is 3.96. The Bertz CT molecular complexity index is 586. The van der Waals surface area contributed by atoms with E-state index in [1.807, 2.05) is 0 Å². The molecule has 1 aromatic carbocycles. The second-order valence-corrected chi connectivity index (χ2v) is 3.94. The number of halogens is 4. The Hall–Kier alpha value is -2.06. The number of nitrogens with zero attached hydrogens (tertiary/aromatic N) is 2. The molecule has 0 aliphatic rings. The van der Waals surface area contributed by atoms with Gasteiger partial charge in [0, 0.05) is 12.4 Å². The Morgan fingerprint density at radius 3 is 2.35 bits per heavy atom. The van der Waals surface area contributed by atoms with Crippen LogP contribution in [0.15, 0.2) is 36.7 Å². The number of nitrogens with one attached hydrogen (secondary N) is 1. The number of nitrogens with two attached hydrogens (primary N) is 1. The highest BCUT2D eigenvalue weighted by atomic mass is 19.4. The number of hydrogen-bond donors (Lipinski definition) is 2. The zero-order valence-corrected chi connectivity index (χ0v) is 10.0. The van der Waals surface area contributed by atoms with Gasteiger partial charge in [-0.05, 0) is 23.8 Å². The lowest BCUT2D eigenvalue weighted by Gasteiger charge is -2.17. The molecule has 0 spiro atoms. The molecule has 0 radical (unpaired) electrons. The van der Waals surface area contributed by atoms with Crippen LogP contribution in [-0.4, -0.2) is 9.97 Å². The van der Waals surface area contributed by atoms with Gasteiger partial charge >= 0.3 is 6.18 Å². The quantitative estimate of drug-likeness (QED) is 0.516. The normalized spacial score (nSPS) is 13.2. The van der Waals surface area contributed by atoms with Crippen molar-refractivity contribution in [2.45, 2.75) is 12.2 Å². The van der Waals surface area contributed by atoms with Gasteiger partial charge in [0.1, 0.15) is 11.9 Å². The molecule has 0 aliphatic carbocycles. The maximum atomic E-state index is 13.2. The second kappa shape index (κ2) is 5.51. The lowest BCUT2D eigenvalue weighted by atomic mass is 10.0. The van der Waals surface area contributed by atoms with E-state index in [1.165, 1.54) is 18.5 Å². The molecular weight excluding hydrogens is 276 g/mol. The van der Waals surface area contributed by atoms with Gasteiger partial charge in [0.2, 0.25) is 0 Å². The van der Waals surface area contributed by atoms with E-state index < -0.39 is 23.6 Å². The number of benzene rings is 1. The Morgan fingerprint density at radius 2 is 1.80 bits per heavy atom. The summed E-state index contributed by atoms with van der Waals surface area (Å²) in [6.07, 6.45) is -1.92. The standard InChI is InChI=1S/C12H10F4N4/c13-9-3-2-7(6-8(9)12(14,15)16)10(20-17)11-18-4-1-5-19-11/h1-6,10,20H,17H2. The molecule has 0 aliphatic heterocycles. The zero-order valence-electron chi connectivity index (χ0n) is 10.0. The van der Waals surface area contributed by atoms with E-state index in [-0.39, 0.29) is 11.4 Å². The SMILES string of the molecule is NNC(c1ccc(F)c(C(F)(F)F)c1)c1ncccn1. The third-order valence-electron chi connectivity index (χ3n) is 2.64. The van der Waals surface area contributed by atoms with Gasteiger partial charge in [0.25, 0.3) is 0 Å². The molecule has 1 heterocycles. The summed E-state index contributed by atoms with van der Waals surface area (Å²) in [6.45, 7) is 0. The van der Waals surface area contributed by atoms with Crippen molar-refractivity contribution in [3.8, 4) is 0 Å². The van der Waals surface area contributed by atoms with Crippen molar-refractivity contribution >= 4 is 0 Å². The van der Waals surface area contributed by atoms with Crippen LogP contribution >= 0.6 is 0 Å². The Balaban J connectivity index is 2.46. The summed E-state index contributed by atoms with van der Waals surface area (Å²) in [7, 11) is 0. The van der Waals surface area contributed by atoms with E-state index in [1.54, 1.807) is 6.07 Å². The summed E-state index contributed by atoms with van der Waals surface area (Å²) in [5, 5.41) is 0. The fourth-order valence-corrected chi connectivity index (χ4v) is 1.72. The Labute approximate surface area is 111 Å². The van der Waals surface area contributed by atoms with Gasteiger partial charge in [-0.1, -0.05) is 6.07 Å². The lowest BCUT2D eigenvalue weighted by molar-refractivity contribution is -0.140. The third-order valence-corrected chi connectivity index (χ3v) is 2.64. The summed E-state index contributed by atoms with van der Waals surface area (Å²) in [4.78, 5) is 7.82. The largest absolute Gasteiger partial charge is 0.419 e. The molecule has 4 nitrogen and oxygen atoms in total. The van der Waals surface area contributed by atoms with Crippen LogP contribution in [0.1, 0.15) is 23.0 Å². The highest BCUT2D eigenvalue weighted by molar-refractivity contribution is 5.32. The predicted octanol–water partition coefficient (Wildman–Crippen LogP) is 2.19. The summed E-state index contributed by atoms with van der Waals surface area (Å²) in [5.41, 5.74) is 1.08. The average Bonchev–Trinajstić information content (AvgIpc) is 2.41. The molecule has 1 aromatic heterocycles. The molecule has 8 heteroatoms. The van der Waals surface area contributed by atoms with Crippen molar-refractivity contribution in [3.05, 3.63) is 59.4 Å². The van der Waals surface area contributed by atoms with Crippen molar-refractivity contribution in [2.75, 3.05) is 0 Å². The molecule has 1 atom stereocenters. The predicted molar refractivity (Wildman–Crippen MR) is 62.6 cm³/mol. The van der Waals surface area contributed by atoms with Gasteiger partial charge in [0.15, 0.2) is 5.82 Å². The molecule has 1 unspecified atom stereocenters. The van der Waals surface area contributed by atoms with E-state index >= 15 is 0 Å². The monoisotopic (exact) mass is 286 g/mol. The van der Waals surface area contributed by atoms with Gasteiger partial charge in [-0.3, -0.25) is 5.84 Å². The summed E-state index contributed by atoms with van der Waals surface area (Å²) < 4.78 is 51.3. The molecule has 2 rings (SSSR count). The van der Waals surface area contributed by atoms with Gasteiger partial charge < -0.3 is 0 Å². The molecule has 0 bridgehead atoms. The fraction of sp³-hybridized carbons (Fsp3) is 0.167. The van der Waals surface area contributed by atoms with Gasteiger partial charge in [-0.25, -0.2) is 19.8 Å². The summed E-state index contributed by atoms with van der Waals surface area (Å²) >= 11 is 0. The maximum absolute atomic E-state index is 13.2. The number of rotatable bonds is 3. The molecule has 0 saturated heterocycles. The number of hydrogen-bond acceptors (Lipinski definition) is 4. The highest BCUT2D eigenvalue weighted by Gasteiger charge is 2.35. The van der Waals surface area contributed by atoms with Gasteiger partial charge in [-0.15, -0.1) is 0 Å². The number of hydrazine groups is 1. The molecule has 106 valence electrons. The van der Waals surface area contributed by atoms with Crippen molar-refractivity contribution < 1.29 is 17.6 Å². The molecule has 20 heavy (non-hydrogen) atoms. The van der Waals surface area contributed by atoms with Crippen LogP contribution in [0.25, 0.3) is 0 Å². The first-order chi connectivity index (χ1) is 9.43. The van der Waals surface area contributed by atoms with Crippen LogP contribution in [0.3, 0.4) is 0 Å². The highest BCUT2D eigenvalue weighted by Crippen LogP contribution is 2.33. The van der Waals surface area contributed by atoms with Crippen LogP contribution in [0.2, 0.25) is 0 Å². The van der Waals surface area contributed by atoms with Crippen LogP contribution in [0, 0.1) is 5.82 Å². The van der Waals surface area contributed by atoms with Gasteiger partial charge in [-0.2, -0.15) is 13.2 Å². The molecule has 0 saturated carbocycles. The van der Waals surface area contributed by atoms with Gasteiger partial charge in [0.05, 0.1) is 5.56 Å². The van der Waals surface area contributed by atoms with E-state index in [0.717, 1.165) is 6.07 Å². The smallest absolute Gasteiger partial charge is 0.270 e. The van der Waals surface area contributed by atoms with E-state index in [4.69, 9.17) is 5.84 Å². The second-order valence-electron chi connectivity index (χ2n) is 3.94. The Morgan fingerprint density at radius 1 is 1.15 bits per heavy atom. The average molecular weight is 286 g/mol. The molecule has 2 aromatic rings. The van der Waals surface area contributed by atoms with Crippen molar-refractivity contribution in [1.29, 1.82) is 0 Å². The van der Waals surface area contributed by atoms with Crippen LogP contribution in [0.4, 0.5) is 17.6 Å². The topological polar surface area (TPSA) is 63.8 Å². The van der Waals surface area contributed by atoms with E-state index in [0.29, 0.717) is 6.07 Å². The van der Waals surface area contributed by atoms with E-state index in [9.17, 15) is 17.6 Å². The number of aromatic nitrogens is 2. The molecule has 0 fully saturated rings. The minimum Gasteiger partial charge on any atom is -0.270 e. The summed E-state index contributed by atoms with van der Waals surface area (Å²) in [5.74, 6) is 4.18. The molecular formula is C12H10F4N4. The van der Waals surface area contributed by atoms with Crippen LogP contribution in [0.5, 0.6) is 0 Å². The first kappa shape index (κ1) is 14.4. The third kappa shape index (κ3) is 2.91. The zero-order chi connectivity index (χ0) is 14.8. The van der Waals surface area contributed by atoms with Crippen LogP contribution < -0.4 is 11.3 Å². The minimum atomic E-state index is -4.78. The van der Waals surface area contributed by atoms with Crippen molar-refractivity contribution in [1.82, 2.24) is 15.4 Å². The van der Waals surface area contributed by atoms with Crippen molar-refractivity contribution in [3.63, 3.8) is 0 Å².